The van der Waals surface area contributed by atoms with Gasteiger partial charge in [0.05, 0.1) is 0 Å². The Labute approximate surface area is 127 Å². The fraction of sp³-hybridized carbons (Fsp3) is 0.125. The maximum absolute atomic E-state index is 12.0. The first kappa shape index (κ1) is 13.7. The Morgan fingerprint density at radius 2 is 1.76 bits per heavy atom. The molecule has 0 saturated heterocycles. The summed E-state index contributed by atoms with van der Waals surface area (Å²) >= 11 is 1.37. The molecule has 1 aliphatic heterocycles. The summed E-state index contributed by atoms with van der Waals surface area (Å²) < 4.78 is 5.30. The quantitative estimate of drug-likeness (QED) is 0.882. The van der Waals surface area contributed by atoms with E-state index in [1.807, 2.05) is 60.7 Å². The van der Waals surface area contributed by atoms with Crippen molar-refractivity contribution in [3.05, 3.63) is 71.8 Å². The molecule has 0 fully saturated rings. The van der Waals surface area contributed by atoms with Gasteiger partial charge < -0.3 is 4.74 Å². The molecule has 1 atom stereocenters. The van der Waals surface area contributed by atoms with Crippen LogP contribution in [0, 0.1) is 0 Å². The molecule has 3 rings (SSSR count). The molecule has 0 saturated carbocycles. The number of thioether (sulfide) groups is 1. The van der Waals surface area contributed by atoms with Gasteiger partial charge in [-0.1, -0.05) is 72.4 Å². The lowest BCUT2D eigenvalue weighted by Gasteiger charge is -2.09. The Morgan fingerprint density at radius 1 is 1.10 bits per heavy atom. The number of hydrazone groups is 1. The van der Waals surface area contributed by atoms with Gasteiger partial charge in [-0.15, -0.1) is 0 Å². The molecule has 0 aliphatic carbocycles. The van der Waals surface area contributed by atoms with E-state index in [0.717, 1.165) is 16.2 Å². The maximum atomic E-state index is 12.0. The van der Waals surface area contributed by atoms with Gasteiger partial charge >= 0.3 is 5.97 Å². The van der Waals surface area contributed by atoms with Crippen molar-refractivity contribution >= 4 is 22.8 Å². The van der Waals surface area contributed by atoms with Gasteiger partial charge in [0.15, 0.2) is 5.37 Å². The average molecular weight is 298 g/mol. The zero-order valence-corrected chi connectivity index (χ0v) is 12.0. The smallest absolute Gasteiger partial charge is 0.341 e. The molecule has 2 aromatic carbocycles. The Hall–Kier alpha value is -2.27. The van der Waals surface area contributed by atoms with E-state index in [0.29, 0.717) is 0 Å². The second kappa shape index (κ2) is 6.45. The molecule has 21 heavy (non-hydrogen) atoms. The highest BCUT2D eigenvalue weighted by atomic mass is 32.2. The van der Waals surface area contributed by atoms with E-state index in [1.165, 1.54) is 11.8 Å². The van der Waals surface area contributed by atoms with Crippen LogP contribution in [0.1, 0.15) is 11.1 Å². The third-order valence-corrected chi connectivity index (χ3v) is 4.06. The lowest BCUT2D eigenvalue weighted by molar-refractivity contribution is -0.144. The fourth-order valence-electron chi connectivity index (χ4n) is 1.90. The van der Waals surface area contributed by atoms with Crippen molar-refractivity contribution in [2.24, 2.45) is 5.10 Å². The number of carbonyl (C=O) groups excluding carboxylic acids is 1. The highest BCUT2D eigenvalue weighted by Crippen LogP contribution is 2.23. The number of esters is 1. The van der Waals surface area contributed by atoms with Crippen molar-refractivity contribution < 1.29 is 9.53 Å². The van der Waals surface area contributed by atoms with Crippen LogP contribution < -0.4 is 5.43 Å². The summed E-state index contributed by atoms with van der Waals surface area (Å²) in [6.45, 7) is 0.277. The Kier molecular flexibility index (Phi) is 4.21. The van der Waals surface area contributed by atoms with Crippen molar-refractivity contribution in [2.75, 3.05) is 0 Å². The summed E-state index contributed by atoms with van der Waals surface area (Å²) in [5.74, 6) is -0.307. The molecule has 0 radical (unpaired) electrons. The van der Waals surface area contributed by atoms with Crippen molar-refractivity contribution in [1.82, 2.24) is 5.43 Å². The van der Waals surface area contributed by atoms with Gasteiger partial charge in [-0.05, 0) is 5.56 Å². The lowest BCUT2D eigenvalue weighted by Crippen LogP contribution is -2.28. The number of hydrogen-bond acceptors (Lipinski definition) is 5. The van der Waals surface area contributed by atoms with Crippen LogP contribution in [0.3, 0.4) is 0 Å². The van der Waals surface area contributed by atoms with E-state index in [4.69, 9.17) is 4.74 Å². The second-order valence-electron chi connectivity index (χ2n) is 4.50. The van der Waals surface area contributed by atoms with Gasteiger partial charge in [0.1, 0.15) is 11.7 Å². The highest BCUT2D eigenvalue weighted by molar-refractivity contribution is 8.15. The molecule has 0 aromatic heterocycles. The molecule has 1 heterocycles. The van der Waals surface area contributed by atoms with Crippen LogP contribution in [0.2, 0.25) is 0 Å². The summed E-state index contributed by atoms with van der Waals surface area (Å²) in [7, 11) is 0. The highest BCUT2D eigenvalue weighted by Gasteiger charge is 2.28. The number of rotatable bonds is 4. The van der Waals surface area contributed by atoms with Crippen LogP contribution >= 0.6 is 11.8 Å². The Bertz CT molecular complexity index is 644. The van der Waals surface area contributed by atoms with Crippen molar-refractivity contribution in [3.63, 3.8) is 0 Å². The van der Waals surface area contributed by atoms with Gasteiger partial charge in [-0.25, -0.2) is 4.79 Å². The first-order valence-electron chi connectivity index (χ1n) is 6.59. The number of carbonyl (C=O) groups is 1. The molecule has 0 bridgehead atoms. The van der Waals surface area contributed by atoms with Crippen LogP contribution in [0.25, 0.3) is 0 Å². The van der Waals surface area contributed by atoms with Gasteiger partial charge in [0.2, 0.25) is 0 Å². The number of nitrogens with one attached hydrogen (secondary N) is 1. The van der Waals surface area contributed by atoms with Crippen LogP contribution in [-0.4, -0.2) is 16.4 Å². The van der Waals surface area contributed by atoms with E-state index in [2.05, 4.69) is 10.5 Å². The summed E-state index contributed by atoms with van der Waals surface area (Å²) in [4.78, 5) is 12.0. The summed E-state index contributed by atoms with van der Waals surface area (Å²) in [6, 6.07) is 19.4. The first-order valence-corrected chi connectivity index (χ1v) is 7.47. The number of ether oxygens (including phenoxy) is 1. The normalized spacial score (nSPS) is 17.0. The second-order valence-corrected chi connectivity index (χ2v) is 5.60. The zero-order chi connectivity index (χ0) is 14.5. The van der Waals surface area contributed by atoms with Gasteiger partial charge in [0, 0.05) is 5.56 Å². The fourth-order valence-corrected chi connectivity index (χ4v) is 2.77. The Balaban J connectivity index is 1.54. The number of nitrogens with zero attached hydrogens (tertiary/aromatic N) is 1. The SMILES string of the molecule is O=C(OCc1ccccc1)C1NN=C(c2ccccc2)S1. The first-order chi connectivity index (χ1) is 10.3. The minimum Gasteiger partial charge on any atom is -0.459 e. The molecule has 1 N–H and O–H groups in total. The predicted molar refractivity (Wildman–Crippen MR) is 83.7 cm³/mol. The topological polar surface area (TPSA) is 50.7 Å². The van der Waals surface area contributed by atoms with E-state index >= 15 is 0 Å². The molecule has 5 heteroatoms. The van der Waals surface area contributed by atoms with E-state index in [-0.39, 0.29) is 12.6 Å². The molecular weight excluding hydrogens is 284 g/mol. The number of hydrogen-bond donors (Lipinski definition) is 1. The van der Waals surface area contributed by atoms with Gasteiger partial charge in [0.25, 0.3) is 0 Å². The molecule has 0 amide bonds. The third-order valence-electron chi connectivity index (χ3n) is 2.97. The van der Waals surface area contributed by atoms with Crippen molar-refractivity contribution in [3.8, 4) is 0 Å². The molecule has 1 aliphatic rings. The van der Waals surface area contributed by atoms with E-state index < -0.39 is 5.37 Å². The summed E-state index contributed by atoms with van der Waals surface area (Å²) in [5.41, 5.74) is 4.78. The molecule has 4 nitrogen and oxygen atoms in total. The largest absolute Gasteiger partial charge is 0.459 e. The average Bonchev–Trinajstić information content (AvgIpc) is 3.04. The van der Waals surface area contributed by atoms with E-state index in [1.54, 1.807) is 0 Å². The number of benzene rings is 2. The Morgan fingerprint density at radius 3 is 2.48 bits per heavy atom. The van der Waals surface area contributed by atoms with Crippen molar-refractivity contribution in [1.29, 1.82) is 0 Å². The minimum absolute atomic E-state index is 0.277. The monoisotopic (exact) mass is 298 g/mol. The standard InChI is InChI=1S/C16H14N2O2S/c19-16(20-11-12-7-3-1-4-8-12)15-18-17-14(21-15)13-9-5-2-6-10-13/h1-10,15,18H,11H2. The molecule has 1 unspecified atom stereocenters. The predicted octanol–water partition coefficient (Wildman–Crippen LogP) is 2.75. The molecule has 0 spiro atoms. The lowest BCUT2D eigenvalue weighted by atomic mass is 10.2. The van der Waals surface area contributed by atoms with Crippen LogP contribution in [0.4, 0.5) is 0 Å². The third kappa shape index (κ3) is 3.44. The van der Waals surface area contributed by atoms with Crippen molar-refractivity contribution in [2.45, 2.75) is 12.0 Å². The van der Waals surface area contributed by atoms with Crippen LogP contribution in [0.5, 0.6) is 0 Å². The minimum atomic E-state index is -0.482. The molecular formula is C16H14N2O2S. The van der Waals surface area contributed by atoms with Gasteiger partial charge in [-0.3, -0.25) is 5.43 Å². The van der Waals surface area contributed by atoms with E-state index in [9.17, 15) is 4.79 Å². The zero-order valence-electron chi connectivity index (χ0n) is 11.2. The van der Waals surface area contributed by atoms with Gasteiger partial charge in [-0.2, -0.15) is 5.10 Å². The van der Waals surface area contributed by atoms with Crippen LogP contribution in [-0.2, 0) is 16.1 Å². The molecule has 2 aromatic rings. The maximum Gasteiger partial charge on any atom is 0.341 e. The van der Waals surface area contributed by atoms with Crippen LogP contribution in [0.15, 0.2) is 65.8 Å². The summed E-state index contributed by atoms with van der Waals surface area (Å²) in [6.07, 6.45) is 0. The molecule has 106 valence electrons. The summed E-state index contributed by atoms with van der Waals surface area (Å²) in [5, 5.41) is 4.51.